The van der Waals surface area contributed by atoms with Crippen molar-refractivity contribution in [2.75, 3.05) is 0 Å². The minimum atomic E-state index is 0.753. The molecule has 0 amide bonds. The lowest BCUT2D eigenvalue weighted by Gasteiger charge is -2.14. The van der Waals surface area contributed by atoms with Gasteiger partial charge in [-0.05, 0) is 129 Å². The molecule has 3 heterocycles. The predicted molar refractivity (Wildman–Crippen MR) is 230 cm³/mol. The average Bonchev–Trinajstić information content (AvgIpc) is 3.77. The van der Waals surface area contributed by atoms with Gasteiger partial charge < -0.3 is 9.55 Å². The van der Waals surface area contributed by atoms with E-state index >= 15 is 0 Å². The highest BCUT2D eigenvalue weighted by atomic mass is 15.1. The summed E-state index contributed by atoms with van der Waals surface area (Å²) in [5.41, 5.74) is 17.8. The average molecular weight is 724 g/mol. The third-order valence-electron chi connectivity index (χ3n) is 11.2. The van der Waals surface area contributed by atoms with Gasteiger partial charge in [0.15, 0.2) is 0 Å². The van der Waals surface area contributed by atoms with Gasteiger partial charge in [0, 0.05) is 37.2 Å². The molecule has 0 saturated heterocycles. The molecule has 0 radical (unpaired) electrons. The fraction of sp³-hybridized carbons (Fsp3) is 0.271. The normalized spacial score (nSPS) is 12.6. The van der Waals surface area contributed by atoms with Gasteiger partial charge >= 0.3 is 0 Å². The lowest BCUT2D eigenvalue weighted by molar-refractivity contribution is 0.809. The monoisotopic (exact) mass is 723 g/mol. The van der Waals surface area contributed by atoms with Crippen LogP contribution in [0.15, 0.2) is 102 Å². The SMILES string of the molecule is CCC(C)=CC(CCc1nc2cc(-c3ccc4ncc(CCc5nc6ccccc6[nH]5)nc4c3)c3c(CC)cccc3c2n1C)=Nc1c(C)ccc(C)c1C. The molecule has 0 atom stereocenters. The molecule has 0 unspecified atom stereocenters. The van der Waals surface area contributed by atoms with Crippen LogP contribution in [-0.2, 0) is 32.7 Å². The van der Waals surface area contributed by atoms with Crippen LogP contribution in [0.4, 0.5) is 5.69 Å². The van der Waals surface area contributed by atoms with E-state index in [1.807, 2.05) is 24.4 Å². The Labute approximate surface area is 323 Å². The molecule has 0 saturated carbocycles. The van der Waals surface area contributed by atoms with Crippen LogP contribution < -0.4 is 0 Å². The van der Waals surface area contributed by atoms with E-state index in [0.29, 0.717) is 0 Å². The van der Waals surface area contributed by atoms with Crippen molar-refractivity contribution in [2.24, 2.45) is 12.0 Å². The van der Waals surface area contributed by atoms with E-state index < -0.39 is 0 Å². The predicted octanol–water partition coefficient (Wildman–Crippen LogP) is 11.5. The number of rotatable bonds is 11. The van der Waals surface area contributed by atoms with Crippen molar-refractivity contribution in [1.29, 1.82) is 0 Å². The molecule has 55 heavy (non-hydrogen) atoms. The highest BCUT2D eigenvalue weighted by Gasteiger charge is 2.18. The van der Waals surface area contributed by atoms with Crippen LogP contribution in [0, 0.1) is 20.8 Å². The number of aromatic amines is 1. The number of hydrogen-bond acceptors (Lipinski definition) is 5. The second-order valence-electron chi connectivity index (χ2n) is 15.0. The van der Waals surface area contributed by atoms with Crippen molar-refractivity contribution in [1.82, 2.24) is 29.5 Å². The number of aromatic nitrogens is 6. The van der Waals surface area contributed by atoms with E-state index in [2.05, 4.69) is 125 Å². The summed E-state index contributed by atoms with van der Waals surface area (Å²) >= 11 is 0. The van der Waals surface area contributed by atoms with Crippen LogP contribution in [0.5, 0.6) is 0 Å². The Morgan fingerprint density at radius 1 is 0.800 bits per heavy atom. The van der Waals surface area contributed by atoms with Gasteiger partial charge in [-0.25, -0.2) is 15.0 Å². The Hall–Kier alpha value is -5.95. The zero-order valence-electron chi connectivity index (χ0n) is 33.1. The van der Waals surface area contributed by atoms with E-state index in [-0.39, 0.29) is 0 Å². The number of benzene rings is 5. The van der Waals surface area contributed by atoms with Crippen molar-refractivity contribution in [3.63, 3.8) is 0 Å². The van der Waals surface area contributed by atoms with Crippen LogP contribution in [0.1, 0.15) is 73.2 Å². The molecule has 3 aromatic heterocycles. The van der Waals surface area contributed by atoms with E-state index in [4.69, 9.17) is 24.9 Å². The second kappa shape index (κ2) is 15.1. The number of fused-ring (bicyclic) bond motifs is 5. The number of para-hydroxylation sites is 2. The Morgan fingerprint density at radius 3 is 2.45 bits per heavy atom. The number of imidazole rings is 2. The Bertz CT molecular complexity index is 2760. The molecular weight excluding hydrogens is 675 g/mol. The Balaban J connectivity index is 1.16. The molecule has 5 aromatic carbocycles. The fourth-order valence-corrected chi connectivity index (χ4v) is 7.80. The fourth-order valence-electron chi connectivity index (χ4n) is 7.80. The maximum atomic E-state index is 5.33. The molecular formula is C48H49N7. The highest BCUT2D eigenvalue weighted by Crippen LogP contribution is 2.38. The van der Waals surface area contributed by atoms with Gasteiger partial charge in [0.25, 0.3) is 0 Å². The molecule has 0 spiro atoms. The van der Waals surface area contributed by atoms with Crippen LogP contribution >= 0.6 is 0 Å². The first-order chi connectivity index (χ1) is 26.7. The molecule has 276 valence electrons. The maximum Gasteiger partial charge on any atom is 0.110 e. The lowest BCUT2D eigenvalue weighted by Crippen LogP contribution is -2.04. The number of aryl methyl sites for hydroxylation is 7. The highest BCUT2D eigenvalue weighted by molar-refractivity contribution is 6.13. The molecule has 0 aliphatic carbocycles. The molecule has 0 fully saturated rings. The number of allylic oxidation sites excluding steroid dienone is 2. The minimum Gasteiger partial charge on any atom is -0.342 e. The summed E-state index contributed by atoms with van der Waals surface area (Å²) in [4.78, 5) is 28.7. The van der Waals surface area contributed by atoms with Crippen LogP contribution in [0.3, 0.4) is 0 Å². The molecule has 8 aromatic rings. The summed E-state index contributed by atoms with van der Waals surface area (Å²) in [7, 11) is 2.17. The van der Waals surface area contributed by atoms with Crippen molar-refractivity contribution >= 4 is 55.3 Å². The first-order valence-corrected chi connectivity index (χ1v) is 19.6. The topological polar surface area (TPSA) is 84.6 Å². The van der Waals surface area contributed by atoms with Crippen molar-refractivity contribution < 1.29 is 0 Å². The number of H-pyrrole nitrogens is 1. The Morgan fingerprint density at radius 2 is 1.64 bits per heavy atom. The van der Waals surface area contributed by atoms with Gasteiger partial charge in [0.05, 0.1) is 44.5 Å². The molecule has 0 aliphatic rings. The summed E-state index contributed by atoms with van der Waals surface area (Å²) in [5, 5.41) is 2.50. The number of nitrogens with zero attached hydrogens (tertiary/aromatic N) is 6. The molecule has 0 aliphatic heterocycles. The van der Waals surface area contributed by atoms with E-state index in [1.165, 1.54) is 49.7 Å². The first-order valence-electron chi connectivity index (χ1n) is 19.6. The van der Waals surface area contributed by atoms with E-state index in [0.717, 1.165) is 100 Å². The van der Waals surface area contributed by atoms with Gasteiger partial charge in [-0.2, -0.15) is 0 Å². The van der Waals surface area contributed by atoms with Gasteiger partial charge in [0.2, 0.25) is 0 Å². The summed E-state index contributed by atoms with van der Waals surface area (Å²) < 4.78 is 2.30. The molecule has 0 bridgehead atoms. The van der Waals surface area contributed by atoms with Crippen molar-refractivity contribution in [3.05, 3.63) is 136 Å². The minimum absolute atomic E-state index is 0.753. The summed E-state index contributed by atoms with van der Waals surface area (Å²) in [5.74, 6) is 2.02. The van der Waals surface area contributed by atoms with Crippen molar-refractivity contribution in [2.45, 2.75) is 80.1 Å². The number of aliphatic imine (C=N–C) groups is 1. The molecule has 8 rings (SSSR count). The van der Waals surface area contributed by atoms with Gasteiger partial charge in [-0.15, -0.1) is 0 Å². The van der Waals surface area contributed by atoms with Crippen LogP contribution in [-0.4, -0.2) is 35.2 Å². The summed E-state index contributed by atoms with van der Waals surface area (Å²) in [6.45, 7) is 13.1. The molecule has 7 nitrogen and oxygen atoms in total. The van der Waals surface area contributed by atoms with Crippen molar-refractivity contribution in [3.8, 4) is 11.1 Å². The second-order valence-corrected chi connectivity index (χ2v) is 15.0. The van der Waals surface area contributed by atoms with Gasteiger partial charge in [-0.1, -0.05) is 68.0 Å². The van der Waals surface area contributed by atoms with Gasteiger partial charge in [0.1, 0.15) is 11.6 Å². The number of hydrogen-bond donors (Lipinski definition) is 1. The van der Waals surface area contributed by atoms with E-state index in [1.54, 1.807) is 0 Å². The molecule has 1 N–H and O–H groups in total. The first kappa shape index (κ1) is 36.0. The van der Waals surface area contributed by atoms with Crippen LogP contribution in [0.2, 0.25) is 0 Å². The summed E-state index contributed by atoms with van der Waals surface area (Å²) in [6.07, 6.45) is 9.21. The third-order valence-corrected chi connectivity index (χ3v) is 11.2. The molecule has 7 heteroatoms. The smallest absolute Gasteiger partial charge is 0.110 e. The van der Waals surface area contributed by atoms with Crippen LogP contribution in [0.25, 0.3) is 55.0 Å². The van der Waals surface area contributed by atoms with E-state index in [9.17, 15) is 0 Å². The number of nitrogens with one attached hydrogen (secondary N) is 1. The Kier molecular flexibility index (Phi) is 9.87. The standard InChI is InChI=1S/C48H49N7/c1-8-29(3)25-35(51-47-31(5)18-17-30(4)32(47)6)21-24-45-54-43-27-38(46-33(9-2)13-12-14-37(46)48(43)55(45)7)34-19-22-39-42(26-34)50-36(28-49-39)20-23-44-52-40-15-10-11-16-41(40)53-44/h10-19,22,25-28H,8-9,20-21,23-24H2,1-7H3,(H,52,53). The maximum absolute atomic E-state index is 5.33. The zero-order valence-corrected chi connectivity index (χ0v) is 33.1. The zero-order chi connectivity index (χ0) is 38.2. The quantitative estimate of drug-likeness (QED) is 0.135. The largest absolute Gasteiger partial charge is 0.342 e. The summed E-state index contributed by atoms with van der Waals surface area (Å²) in [6, 6.07) is 28.0. The third kappa shape index (κ3) is 7.07. The van der Waals surface area contributed by atoms with Gasteiger partial charge in [-0.3, -0.25) is 9.98 Å². The lowest BCUT2D eigenvalue weighted by atomic mass is 9.92.